The summed E-state index contributed by atoms with van der Waals surface area (Å²) in [4.78, 5) is 27.8. The maximum atomic E-state index is 13.2. The van der Waals surface area contributed by atoms with Crippen molar-refractivity contribution in [2.45, 2.75) is 26.8 Å². The van der Waals surface area contributed by atoms with Gasteiger partial charge in [-0.1, -0.05) is 23.7 Å². The van der Waals surface area contributed by atoms with Crippen LogP contribution in [0.5, 0.6) is 5.75 Å². The molecule has 1 aromatic heterocycles. The second-order valence-electron chi connectivity index (χ2n) is 7.69. The quantitative estimate of drug-likeness (QED) is 0.322. The molecule has 1 amide bonds. The van der Waals surface area contributed by atoms with E-state index in [1.54, 1.807) is 37.3 Å². The van der Waals surface area contributed by atoms with Crippen LogP contribution in [0.1, 0.15) is 34.3 Å². The van der Waals surface area contributed by atoms with Crippen LogP contribution in [0.15, 0.2) is 58.5 Å². The number of methoxy groups -OCH3 is 1. The molecule has 3 aromatic rings. The molecule has 164 valence electrons. The van der Waals surface area contributed by atoms with E-state index in [2.05, 4.69) is 0 Å². The normalized spacial score (nSPS) is 17.8. The molecule has 1 aliphatic heterocycles. The number of rotatable bonds is 4. The fraction of sp³-hybridized carbons (Fsp3) is 0.200. The number of aliphatic hydroxyl groups is 1. The molecule has 2 aromatic carbocycles. The van der Waals surface area contributed by atoms with Gasteiger partial charge in [0.05, 0.1) is 17.7 Å². The number of aryl methyl sites for hydroxylation is 2. The van der Waals surface area contributed by atoms with E-state index in [4.69, 9.17) is 20.8 Å². The van der Waals surface area contributed by atoms with Crippen LogP contribution in [-0.4, -0.2) is 23.9 Å². The smallest absolute Gasteiger partial charge is 0.300 e. The number of ketones is 1. The van der Waals surface area contributed by atoms with Gasteiger partial charge in [0, 0.05) is 11.3 Å². The molecule has 1 N–H and O–H groups in total. The lowest BCUT2D eigenvalue weighted by atomic mass is 9.98. The molecule has 1 fully saturated rings. The number of halogens is 1. The predicted molar refractivity (Wildman–Crippen MR) is 122 cm³/mol. The van der Waals surface area contributed by atoms with Gasteiger partial charge in [-0.05, 0) is 68.3 Å². The van der Waals surface area contributed by atoms with Gasteiger partial charge < -0.3 is 14.3 Å². The molecule has 6 nitrogen and oxygen atoms in total. The number of aliphatic hydroxyl groups excluding tert-OH is 1. The minimum Gasteiger partial charge on any atom is -0.507 e. The van der Waals surface area contributed by atoms with Crippen molar-refractivity contribution in [2.75, 3.05) is 12.0 Å². The standard InChI is InChI=1S/C25H22ClNO5/c1-13-6-5-7-18(15(13)3)27-22(19-11-8-14(2)32-19)21(24(29)25(27)30)23(28)16-9-10-17(26)20(12-16)31-4/h5-12,22,28H,1-4H3/b23-21-. The summed E-state index contributed by atoms with van der Waals surface area (Å²) in [7, 11) is 1.45. The number of carbonyl (C=O) groups is 2. The first-order valence-corrected chi connectivity index (χ1v) is 10.4. The molecule has 0 bridgehead atoms. The first-order chi connectivity index (χ1) is 15.2. The lowest BCUT2D eigenvalue weighted by molar-refractivity contribution is -0.132. The third kappa shape index (κ3) is 3.46. The Labute approximate surface area is 190 Å². The van der Waals surface area contributed by atoms with E-state index in [-0.39, 0.29) is 11.3 Å². The van der Waals surface area contributed by atoms with Crippen molar-refractivity contribution < 1.29 is 23.8 Å². The van der Waals surface area contributed by atoms with Gasteiger partial charge in [-0.25, -0.2) is 0 Å². The van der Waals surface area contributed by atoms with Crippen LogP contribution in [0.2, 0.25) is 5.02 Å². The molecule has 7 heteroatoms. The highest BCUT2D eigenvalue weighted by atomic mass is 35.5. The Morgan fingerprint density at radius 1 is 1.09 bits per heavy atom. The van der Waals surface area contributed by atoms with Crippen molar-refractivity contribution in [3.63, 3.8) is 0 Å². The van der Waals surface area contributed by atoms with Crippen molar-refractivity contribution >= 4 is 34.7 Å². The summed E-state index contributed by atoms with van der Waals surface area (Å²) in [5.74, 6) is -0.517. The van der Waals surface area contributed by atoms with Crippen molar-refractivity contribution in [2.24, 2.45) is 0 Å². The molecule has 0 radical (unpaired) electrons. The third-order valence-corrected chi connectivity index (χ3v) is 6.05. The zero-order chi connectivity index (χ0) is 23.2. The summed E-state index contributed by atoms with van der Waals surface area (Å²) in [6.45, 7) is 5.59. The van der Waals surface area contributed by atoms with Gasteiger partial charge >= 0.3 is 0 Å². The van der Waals surface area contributed by atoms with Crippen molar-refractivity contribution in [3.05, 3.63) is 87.3 Å². The lowest BCUT2D eigenvalue weighted by Crippen LogP contribution is -2.30. The molecular formula is C25H22ClNO5. The zero-order valence-electron chi connectivity index (χ0n) is 18.1. The van der Waals surface area contributed by atoms with Crippen molar-refractivity contribution in [1.82, 2.24) is 0 Å². The summed E-state index contributed by atoms with van der Waals surface area (Å²) in [5, 5.41) is 11.5. The van der Waals surface area contributed by atoms with Crippen LogP contribution in [0.3, 0.4) is 0 Å². The van der Waals surface area contributed by atoms with Crippen molar-refractivity contribution in [1.29, 1.82) is 0 Å². The van der Waals surface area contributed by atoms with Gasteiger partial charge in [0.1, 0.15) is 29.1 Å². The number of amides is 1. The third-order valence-electron chi connectivity index (χ3n) is 5.74. The molecule has 0 aliphatic carbocycles. The van der Waals surface area contributed by atoms with Crippen molar-refractivity contribution in [3.8, 4) is 5.75 Å². The Balaban J connectivity index is 1.97. The number of hydrogen-bond acceptors (Lipinski definition) is 5. The number of furan rings is 1. The van der Waals surface area contributed by atoms with E-state index < -0.39 is 17.7 Å². The number of anilines is 1. The molecule has 1 unspecified atom stereocenters. The molecule has 1 atom stereocenters. The first kappa shape index (κ1) is 21.7. The fourth-order valence-electron chi connectivity index (χ4n) is 3.91. The van der Waals surface area contributed by atoms with E-state index in [1.165, 1.54) is 18.1 Å². The average molecular weight is 452 g/mol. The van der Waals surface area contributed by atoms with Gasteiger partial charge in [0.2, 0.25) is 0 Å². The molecule has 0 saturated carbocycles. The van der Waals surface area contributed by atoms with Crippen LogP contribution in [0, 0.1) is 20.8 Å². The number of nitrogens with zero attached hydrogens (tertiary/aromatic N) is 1. The maximum absolute atomic E-state index is 13.2. The lowest BCUT2D eigenvalue weighted by Gasteiger charge is -2.25. The minimum absolute atomic E-state index is 0.0605. The predicted octanol–water partition coefficient (Wildman–Crippen LogP) is 5.49. The Morgan fingerprint density at radius 3 is 2.50 bits per heavy atom. The van der Waals surface area contributed by atoms with E-state index in [9.17, 15) is 14.7 Å². The van der Waals surface area contributed by atoms with E-state index in [0.717, 1.165) is 11.1 Å². The maximum Gasteiger partial charge on any atom is 0.300 e. The molecular weight excluding hydrogens is 430 g/mol. The Kier molecular flexibility index (Phi) is 5.57. The number of Topliss-reactive ketones (excluding diaryl/α,β-unsaturated/α-hetero) is 1. The molecule has 2 heterocycles. The zero-order valence-corrected chi connectivity index (χ0v) is 18.9. The number of benzene rings is 2. The van der Waals surface area contributed by atoms with Crippen LogP contribution < -0.4 is 9.64 Å². The first-order valence-electron chi connectivity index (χ1n) is 10.0. The van der Waals surface area contributed by atoms with E-state index >= 15 is 0 Å². The van der Waals surface area contributed by atoms with E-state index in [0.29, 0.717) is 33.5 Å². The highest BCUT2D eigenvalue weighted by molar-refractivity contribution is 6.51. The van der Waals surface area contributed by atoms with Gasteiger partial charge in [0.25, 0.3) is 11.7 Å². The molecule has 4 rings (SSSR count). The number of ether oxygens (including phenoxy) is 1. The molecule has 1 saturated heterocycles. The largest absolute Gasteiger partial charge is 0.507 e. The number of carbonyl (C=O) groups excluding carboxylic acids is 2. The summed E-state index contributed by atoms with van der Waals surface area (Å²) in [6.07, 6.45) is 0. The molecule has 32 heavy (non-hydrogen) atoms. The Bertz CT molecular complexity index is 1270. The Morgan fingerprint density at radius 2 is 1.84 bits per heavy atom. The summed E-state index contributed by atoms with van der Waals surface area (Å²) in [6, 6.07) is 12.7. The monoisotopic (exact) mass is 451 g/mol. The van der Waals surface area contributed by atoms with Gasteiger partial charge in [0.15, 0.2) is 0 Å². The summed E-state index contributed by atoms with van der Waals surface area (Å²) >= 11 is 6.11. The van der Waals surface area contributed by atoms with Gasteiger partial charge in [-0.15, -0.1) is 0 Å². The molecule has 1 aliphatic rings. The van der Waals surface area contributed by atoms with Gasteiger partial charge in [-0.2, -0.15) is 0 Å². The van der Waals surface area contributed by atoms with E-state index in [1.807, 2.05) is 26.0 Å². The van der Waals surface area contributed by atoms with Crippen LogP contribution in [0.25, 0.3) is 5.76 Å². The minimum atomic E-state index is -0.925. The topological polar surface area (TPSA) is 80.0 Å². The van der Waals surface area contributed by atoms with Crippen LogP contribution in [0.4, 0.5) is 5.69 Å². The second-order valence-corrected chi connectivity index (χ2v) is 8.09. The summed E-state index contributed by atoms with van der Waals surface area (Å²) in [5.41, 5.74) is 2.66. The molecule has 0 spiro atoms. The number of hydrogen-bond donors (Lipinski definition) is 1. The highest BCUT2D eigenvalue weighted by Gasteiger charge is 2.48. The fourth-order valence-corrected chi connectivity index (χ4v) is 4.10. The summed E-state index contributed by atoms with van der Waals surface area (Å²) < 4.78 is 11.1. The van der Waals surface area contributed by atoms with Gasteiger partial charge in [-0.3, -0.25) is 14.5 Å². The SMILES string of the molecule is COc1cc(/C(O)=C2/C(=O)C(=O)N(c3cccc(C)c3C)C2c2ccc(C)o2)ccc1Cl. The van der Waals surface area contributed by atoms with Crippen LogP contribution in [-0.2, 0) is 9.59 Å². The Hall–Kier alpha value is -3.51. The van der Waals surface area contributed by atoms with Crippen LogP contribution >= 0.6 is 11.6 Å². The second kappa shape index (κ2) is 8.20. The average Bonchev–Trinajstić information content (AvgIpc) is 3.31. The highest BCUT2D eigenvalue weighted by Crippen LogP contribution is 2.44.